The SMILES string of the molecule is COc1cc(C)cc(C)c1C(=O)c1cccc(C)c1F. The van der Waals surface area contributed by atoms with E-state index in [-0.39, 0.29) is 11.3 Å². The largest absolute Gasteiger partial charge is 0.496 e. The van der Waals surface area contributed by atoms with Crippen molar-refractivity contribution in [2.24, 2.45) is 0 Å². The smallest absolute Gasteiger partial charge is 0.199 e. The zero-order chi connectivity index (χ0) is 14.9. The third-order valence-electron chi connectivity index (χ3n) is 3.33. The third kappa shape index (κ3) is 2.44. The van der Waals surface area contributed by atoms with Crippen molar-refractivity contribution in [2.45, 2.75) is 20.8 Å². The first-order chi connectivity index (χ1) is 9.45. The van der Waals surface area contributed by atoms with Crippen LogP contribution in [0, 0.1) is 26.6 Å². The third-order valence-corrected chi connectivity index (χ3v) is 3.33. The van der Waals surface area contributed by atoms with Gasteiger partial charge in [-0.1, -0.05) is 18.2 Å². The van der Waals surface area contributed by atoms with E-state index in [0.717, 1.165) is 11.1 Å². The first-order valence-electron chi connectivity index (χ1n) is 6.40. The summed E-state index contributed by atoms with van der Waals surface area (Å²) in [6.45, 7) is 5.40. The predicted octanol–water partition coefficient (Wildman–Crippen LogP) is 3.99. The number of halogens is 1. The summed E-state index contributed by atoms with van der Waals surface area (Å²) in [4.78, 5) is 12.6. The number of rotatable bonds is 3. The Morgan fingerprint density at radius 1 is 1.10 bits per heavy atom. The van der Waals surface area contributed by atoms with Gasteiger partial charge in [-0.2, -0.15) is 0 Å². The van der Waals surface area contributed by atoms with E-state index in [9.17, 15) is 9.18 Å². The second-order valence-corrected chi connectivity index (χ2v) is 4.92. The molecule has 0 unspecified atom stereocenters. The molecular weight excluding hydrogens is 255 g/mol. The highest BCUT2D eigenvalue weighted by Gasteiger charge is 2.21. The van der Waals surface area contributed by atoms with E-state index < -0.39 is 5.82 Å². The highest BCUT2D eigenvalue weighted by Crippen LogP contribution is 2.28. The Balaban J connectivity index is 2.62. The average molecular weight is 272 g/mol. The van der Waals surface area contributed by atoms with Crippen molar-refractivity contribution in [3.63, 3.8) is 0 Å². The molecule has 20 heavy (non-hydrogen) atoms. The number of benzene rings is 2. The molecule has 104 valence electrons. The van der Waals surface area contributed by atoms with Crippen LogP contribution in [0.15, 0.2) is 30.3 Å². The molecule has 0 bridgehead atoms. The summed E-state index contributed by atoms with van der Waals surface area (Å²) in [7, 11) is 1.51. The van der Waals surface area contributed by atoms with Crippen LogP contribution in [0.4, 0.5) is 4.39 Å². The summed E-state index contributed by atoms with van der Waals surface area (Å²) in [5.41, 5.74) is 2.74. The molecule has 0 aliphatic heterocycles. The van der Waals surface area contributed by atoms with Crippen molar-refractivity contribution < 1.29 is 13.9 Å². The van der Waals surface area contributed by atoms with Crippen LogP contribution in [-0.2, 0) is 0 Å². The first-order valence-corrected chi connectivity index (χ1v) is 6.40. The number of hydrogen-bond acceptors (Lipinski definition) is 2. The van der Waals surface area contributed by atoms with Crippen LogP contribution in [-0.4, -0.2) is 12.9 Å². The van der Waals surface area contributed by atoms with Gasteiger partial charge in [0.05, 0.1) is 18.2 Å². The van der Waals surface area contributed by atoms with Crippen molar-refractivity contribution in [3.05, 3.63) is 64.0 Å². The maximum Gasteiger partial charge on any atom is 0.199 e. The summed E-state index contributed by atoms with van der Waals surface area (Å²) in [5.74, 6) is -0.339. The molecule has 0 fully saturated rings. The van der Waals surface area contributed by atoms with E-state index in [4.69, 9.17) is 4.74 Å². The predicted molar refractivity (Wildman–Crippen MR) is 77.0 cm³/mol. The molecule has 0 aliphatic rings. The minimum absolute atomic E-state index is 0.0789. The highest BCUT2D eigenvalue weighted by atomic mass is 19.1. The molecule has 0 N–H and O–H groups in total. The molecule has 0 radical (unpaired) electrons. The van der Waals surface area contributed by atoms with Crippen molar-refractivity contribution in [1.82, 2.24) is 0 Å². The fraction of sp³-hybridized carbons (Fsp3) is 0.235. The van der Waals surface area contributed by atoms with E-state index >= 15 is 0 Å². The van der Waals surface area contributed by atoms with Crippen LogP contribution in [0.5, 0.6) is 5.75 Å². The summed E-state index contributed by atoms with van der Waals surface area (Å²) in [5, 5.41) is 0. The van der Waals surface area contributed by atoms with Crippen LogP contribution >= 0.6 is 0 Å². The maximum absolute atomic E-state index is 14.1. The number of methoxy groups -OCH3 is 1. The van der Waals surface area contributed by atoms with Crippen molar-refractivity contribution in [3.8, 4) is 5.75 Å². The quantitative estimate of drug-likeness (QED) is 0.790. The lowest BCUT2D eigenvalue weighted by Gasteiger charge is -2.13. The number of aryl methyl sites for hydroxylation is 3. The zero-order valence-corrected chi connectivity index (χ0v) is 12.1. The Bertz CT molecular complexity index is 675. The van der Waals surface area contributed by atoms with Crippen LogP contribution < -0.4 is 4.74 Å². The van der Waals surface area contributed by atoms with Crippen molar-refractivity contribution >= 4 is 5.78 Å². The van der Waals surface area contributed by atoms with E-state index in [2.05, 4.69) is 0 Å². The molecule has 2 nitrogen and oxygen atoms in total. The number of hydrogen-bond donors (Lipinski definition) is 0. The van der Waals surface area contributed by atoms with Gasteiger partial charge in [-0.3, -0.25) is 4.79 Å². The number of carbonyl (C=O) groups is 1. The Morgan fingerprint density at radius 3 is 2.45 bits per heavy atom. The summed E-state index contributed by atoms with van der Waals surface area (Å²) in [6, 6.07) is 8.51. The molecular formula is C17H17FO2. The summed E-state index contributed by atoms with van der Waals surface area (Å²) in [6.07, 6.45) is 0. The Hall–Kier alpha value is -2.16. The molecule has 2 rings (SSSR count). The second-order valence-electron chi connectivity index (χ2n) is 4.92. The molecule has 0 heterocycles. The molecule has 0 amide bonds. The van der Waals surface area contributed by atoms with Gasteiger partial charge >= 0.3 is 0 Å². The monoisotopic (exact) mass is 272 g/mol. The molecule has 0 saturated carbocycles. The molecule has 0 saturated heterocycles. The maximum atomic E-state index is 14.1. The van der Waals surface area contributed by atoms with Gasteiger partial charge in [0.1, 0.15) is 11.6 Å². The van der Waals surface area contributed by atoms with E-state index in [1.807, 2.05) is 19.9 Å². The average Bonchev–Trinajstić information content (AvgIpc) is 2.40. The van der Waals surface area contributed by atoms with Crippen molar-refractivity contribution in [2.75, 3.05) is 7.11 Å². The molecule has 0 aromatic heterocycles. The van der Waals surface area contributed by atoms with Gasteiger partial charge in [-0.25, -0.2) is 4.39 Å². The molecule has 3 heteroatoms. The topological polar surface area (TPSA) is 26.3 Å². The van der Waals surface area contributed by atoms with Crippen LogP contribution in [0.3, 0.4) is 0 Å². The standard InChI is InChI=1S/C17H17FO2/c1-10-8-12(3)15(14(9-10)20-4)17(19)13-7-5-6-11(2)16(13)18/h5-9H,1-4H3. The summed E-state index contributed by atoms with van der Waals surface area (Å²) < 4.78 is 19.4. The molecule has 2 aromatic rings. The molecule has 2 aromatic carbocycles. The van der Waals surface area contributed by atoms with E-state index in [1.54, 1.807) is 25.1 Å². The van der Waals surface area contributed by atoms with Gasteiger partial charge in [-0.05, 0) is 49.6 Å². The van der Waals surface area contributed by atoms with Crippen LogP contribution in [0.1, 0.15) is 32.6 Å². The first kappa shape index (κ1) is 14.3. The number of carbonyl (C=O) groups excluding carboxylic acids is 1. The van der Waals surface area contributed by atoms with Gasteiger partial charge in [0.2, 0.25) is 0 Å². The van der Waals surface area contributed by atoms with Gasteiger partial charge < -0.3 is 4.74 Å². The van der Waals surface area contributed by atoms with Crippen LogP contribution in [0.25, 0.3) is 0 Å². The molecule has 0 spiro atoms. The summed E-state index contributed by atoms with van der Waals surface area (Å²) >= 11 is 0. The second kappa shape index (κ2) is 5.45. The van der Waals surface area contributed by atoms with Crippen LogP contribution in [0.2, 0.25) is 0 Å². The number of ether oxygens (including phenoxy) is 1. The fourth-order valence-electron chi connectivity index (χ4n) is 2.34. The van der Waals surface area contributed by atoms with Gasteiger partial charge in [0.15, 0.2) is 5.78 Å². The lowest BCUT2D eigenvalue weighted by atomic mass is 9.95. The van der Waals surface area contributed by atoms with Gasteiger partial charge in [0, 0.05) is 0 Å². The minimum atomic E-state index is -0.473. The Morgan fingerprint density at radius 2 is 1.80 bits per heavy atom. The Kier molecular flexibility index (Phi) is 3.89. The van der Waals surface area contributed by atoms with E-state index in [0.29, 0.717) is 16.9 Å². The Labute approximate surface area is 118 Å². The normalized spacial score (nSPS) is 10.4. The van der Waals surface area contributed by atoms with Gasteiger partial charge in [-0.15, -0.1) is 0 Å². The minimum Gasteiger partial charge on any atom is -0.496 e. The highest BCUT2D eigenvalue weighted by molar-refractivity contribution is 6.12. The molecule has 0 atom stereocenters. The zero-order valence-electron chi connectivity index (χ0n) is 12.1. The van der Waals surface area contributed by atoms with Gasteiger partial charge in [0.25, 0.3) is 0 Å². The lowest BCUT2D eigenvalue weighted by Crippen LogP contribution is -2.09. The number of ketones is 1. The fourth-order valence-corrected chi connectivity index (χ4v) is 2.34. The van der Waals surface area contributed by atoms with Crippen molar-refractivity contribution in [1.29, 1.82) is 0 Å². The molecule has 0 aliphatic carbocycles. The van der Waals surface area contributed by atoms with E-state index in [1.165, 1.54) is 13.2 Å². The lowest BCUT2D eigenvalue weighted by molar-refractivity contribution is 0.103.